The molecule has 2 aromatic heterocycles. The van der Waals surface area contributed by atoms with Gasteiger partial charge in [-0.1, -0.05) is 0 Å². The molecule has 0 spiro atoms. The summed E-state index contributed by atoms with van der Waals surface area (Å²) in [6.07, 6.45) is 1.68. The van der Waals surface area contributed by atoms with Gasteiger partial charge in [0.25, 0.3) is 0 Å². The maximum Gasteiger partial charge on any atom is 0.144 e. The molecule has 4 heteroatoms. The van der Waals surface area contributed by atoms with Gasteiger partial charge in [0.05, 0.1) is 11.6 Å². The topological polar surface area (TPSA) is 48.7 Å². The second-order valence-corrected chi connectivity index (χ2v) is 4.21. The third-order valence-corrected chi connectivity index (χ3v) is 3.03. The standard InChI is InChI=1S/C12H11N3S/c1-9(11-4-6-16-8-11)15-12-10(7-13)3-2-5-14-12/h2-6,8-9H,1H3,(H,14,15). The number of hydrogen-bond acceptors (Lipinski definition) is 4. The molecule has 0 saturated heterocycles. The number of thiophene rings is 1. The van der Waals surface area contributed by atoms with Crippen LogP contribution in [-0.2, 0) is 0 Å². The van der Waals surface area contributed by atoms with Crippen molar-refractivity contribution in [3.05, 3.63) is 46.3 Å². The van der Waals surface area contributed by atoms with Gasteiger partial charge in [-0.15, -0.1) is 0 Å². The normalized spacial score (nSPS) is 11.8. The summed E-state index contributed by atoms with van der Waals surface area (Å²) >= 11 is 1.66. The van der Waals surface area contributed by atoms with E-state index in [2.05, 4.69) is 34.7 Å². The first-order valence-corrected chi connectivity index (χ1v) is 5.89. The first-order valence-electron chi connectivity index (χ1n) is 4.95. The predicted octanol–water partition coefficient (Wildman–Crippen LogP) is 3.19. The number of anilines is 1. The lowest BCUT2D eigenvalue weighted by atomic mass is 10.1. The van der Waals surface area contributed by atoms with Crippen LogP contribution >= 0.6 is 11.3 Å². The molecule has 2 heterocycles. The molecule has 0 aliphatic heterocycles. The van der Waals surface area contributed by atoms with Gasteiger partial charge >= 0.3 is 0 Å². The van der Waals surface area contributed by atoms with Crippen LogP contribution in [-0.4, -0.2) is 4.98 Å². The highest BCUT2D eigenvalue weighted by atomic mass is 32.1. The highest BCUT2D eigenvalue weighted by Crippen LogP contribution is 2.21. The van der Waals surface area contributed by atoms with E-state index in [4.69, 9.17) is 5.26 Å². The van der Waals surface area contributed by atoms with Crippen molar-refractivity contribution in [2.24, 2.45) is 0 Å². The van der Waals surface area contributed by atoms with E-state index >= 15 is 0 Å². The highest BCUT2D eigenvalue weighted by molar-refractivity contribution is 7.07. The van der Waals surface area contributed by atoms with E-state index in [-0.39, 0.29) is 6.04 Å². The van der Waals surface area contributed by atoms with Crippen molar-refractivity contribution in [1.82, 2.24) is 4.98 Å². The van der Waals surface area contributed by atoms with Gasteiger partial charge in [-0.05, 0) is 41.4 Å². The minimum Gasteiger partial charge on any atom is -0.362 e. The quantitative estimate of drug-likeness (QED) is 0.879. The van der Waals surface area contributed by atoms with Crippen LogP contribution in [0.25, 0.3) is 0 Å². The summed E-state index contributed by atoms with van der Waals surface area (Å²) < 4.78 is 0. The number of aromatic nitrogens is 1. The molecule has 16 heavy (non-hydrogen) atoms. The van der Waals surface area contributed by atoms with Crippen molar-refractivity contribution in [1.29, 1.82) is 5.26 Å². The molecule has 1 unspecified atom stereocenters. The minimum atomic E-state index is 0.160. The van der Waals surface area contributed by atoms with Crippen LogP contribution in [0.4, 0.5) is 5.82 Å². The van der Waals surface area contributed by atoms with Crippen LogP contribution in [0.1, 0.15) is 24.1 Å². The maximum atomic E-state index is 8.93. The summed E-state index contributed by atoms with van der Waals surface area (Å²) in [6, 6.07) is 7.87. The summed E-state index contributed by atoms with van der Waals surface area (Å²) in [5.74, 6) is 0.642. The van der Waals surface area contributed by atoms with Crippen LogP contribution in [0.2, 0.25) is 0 Å². The molecular formula is C12H11N3S. The summed E-state index contributed by atoms with van der Waals surface area (Å²) in [5.41, 5.74) is 1.78. The van der Waals surface area contributed by atoms with Crippen molar-refractivity contribution in [2.45, 2.75) is 13.0 Å². The number of nitrogens with zero attached hydrogens (tertiary/aromatic N) is 2. The maximum absolute atomic E-state index is 8.93. The van der Waals surface area contributed by atoms with E-state index in [1.165, 1.54) is 5.56 Å². The van der Waals surface area contributed by atoms with Crippen LogP contribution in [0.3, 0.4) is 0 Å². The molecule has 0 aliphatic rings. The number of rotatable bonds is 3. The van der Waals surface area contributed by atoms with Crippen molar-refractivity contribution in [3.63, 3.8) is 0 Å². The van der Waals surface area contributed by atoms with Crippen molar-refractivity contribution in [2.75, 3.05) is 5.32 Å². The second-order valence-electron chi connectivity index (χ2n) is 3.43. The summed E-state index contributed by atoms with van der Waals surface area (Å²) in [6.45, 7) is 2.05. The van der Waals surface area contributed by atoms with Crippen LogP contribution in [0.15, 0.2) is 35.2 Å². The van der Waals surface area contributed by atoms with Crippen molar-refractivity contribution in [3.8, 4) is 6.07 Å². The number of pyridine rings is 1. The van der Waals surface area contributed by atoms with E-state index in [1.807, 2.05) is 5.38 Å². The third kappa shape index (κ3) is 2.20. The average Bonchev–Trinajstić information content (AvgIpc) is 2.83. The Labute approximate surface area is 98.4 Å². The molecule has 0 aromatic carbocycles. The minimum absolute atomic E-state index is 0.160. The zero-order valence-electron chi connectivity index (χ0n) is 8.84. The summed E-state index contributed by atoms with van der Waals surface area (Å²) in [5, 5.41) is 16.3. The van der Waals surface area contributed by atoms with E-state index < -0.39 is 0 Å². The Bertz CT molecular complexity index is 499. The van der Waals surface area contributed by atoms with Gasteiger partial charge in [-0.25, -0.2) is 4.98 Å². The Kier molecular flexibility index (Phi) is 3.18. The van der Waals surface area contributed by atoms with Gasteiger partial charge in [0, 0.05) is 6.20 Å². The molecule has 1 atom stereocenters. The lowest BCUT2D eigenvalue weighted by Gasteiger charge is -2.13. The second kappa shape index (κ2) is 4.77. The molecule has 3 nitrogen and oxygen atoms in total. The fraction of sp³-hybridized carbons (Fsp3) is 0.167. The monoisotopic (exact) mass is 229 g/mol. The molecular weight excluding hydrogens is 218 g/mol. The lowest BCUT2D eigenvalue weighted by molar-refractivity contribution is 0.879. The predicted molar refractivity (Wildman–Crippen MR) is 65.3 cm³/mol. The van der Waals surface area contributed by atoms with Crippen molar-refractivity contribution >= 4 is 17.2 Å². The van der Waals surface area contributed by atoms with Gasteiger partial charge in [0.1, 0.15) is 11.9 Å². The van der Waals surface area contributed by atoms with Crippen molar-refractivity contribution < 1.29 is 0 Å². The molecule has 2 aromatic rings. The van der Waals surface area contributed by atoms with Crippen LogP contribution < -0.4 is 5.32 Å². The fourth-order valence-electron chi connectivity index (χ4n) is 1.42. The van der Waals surface area contributed by atoms with Gasteiger partial charge in [0.15, 0.2) is 0 Å². The molecule has 0 fully saturated rings. The fourth-order valence-corrected chi connectivity index (χ4v) is 2.17. The van der Waals surface area contributed by atoms with E-state index in [1.54, 1.807) is 29.7 Å². The average molecular weight is 229 g/mol. The molecule has 1 N–H and O–H groups in total. The van der Waals surface area contributed by atoms with Gasteiger partial charge in [-0.3, -0.25) is 0 Å². The molecule has 0 radical (unpaired) electrons. The van der Waals surface area contributed by atoms with E-state index in [9.17, 15) is 0 Å². The molecule has 0 bridgehead atoms. The van der Waals surface area contributed by atoms with E-state index in [0.29, 0.717) is 11.4 Å². The molecule has 0 amide bonds. The van der Waals surface area contributed by atoms with E-state index in [0.717, 1.165) is 0 Å². The largest absolute Gasteiger partial charge is 0.362 e. The Morgan fingerprint density at radius 3 is 3.06 bits per heavy atom. The first kappa shape index (κ1) is 10.7. The van der Waals surface area contributed by atoms with Crippen LogP contribution in [0.5, 0.6) is 0 Å². The Hall–Kier alpha value is -1.86. The number of nitriles is 1. The molecule has 0 aliphatic carbocycles. The Morgan fingerprint density at radius 2 is 2.38 bits per heavy atom. The first-order chi connectivity index (χ1) is 7.81. The van der Waals surface area contributed by atoms with Crippen LogP contribution in [0, 0.1) is 11.3 Å². The molecule has 0 saturated carbocycles. The SMILES string of the molecule is CC(Nc1ncccc1C#N)c1ccsc1. The Balaban J connectivity index is 2.19. The number of hydrogen-bond donors (Lipinski definition) is 1. The highest BCUT2D eigenvalue weighted by Gasteiger charge is 2.08. The van der Waals surface area contributed by atoms with Gasteiger partial charge < -0.3 is 5.32 Å². The zero-order chi connectivity index (χ0) is 11.4. The smallest absolute Gasteiger partial charge is 0.144 e. The summed E-state index contributed by atoms with van der Waals surface area (Å²) in [7, 11) is 0. The number of nitrogens with one attached hydrogen (secondary N) is 1. The molecule has 80 valence electrons. The Morgan fingerprint density at radius 1 is 1.50 bits per heavy atom. The van der Waals surface area contributed by atoms with Gasteiger partial charge in [-0.2, -0.15) is 16.6 Å². The molecule has 2 rings (SSSR count). The van der Waals surface area contributed by atoms with Gasteiger partial charge in [0.2, 0.25) is 0 Å². The lowest BCUT2D eigenvalue weighted by Crippen LogP contribution is -2.08. The zero-order valence-corrected chi connectivity index (χ0v) is 9.66. The summed E-state index contributed by atoms with van der Waals surface area (Å²) in [4.78, 5) is 4.17. The third-order valence-electron chi connectivity index (χ3n) is 2.32.